The Hall–Kier alpha value is -8.35. The van der Waals surface area contributed by atoms with Gasteiger partial charge in [-0.1, -0.05) is 36.3 Å². The van der Waals surface area contributed by atoms with Gasteiger partial charge in [0, 0.05) is 31.9 Å². The molecule has 0 spiro atoms. The van der Waals surface area contributed by atoms with Gasteiger partial charge >= 0.3 is 0 Å². The summed E-state index contributed by atoms with van der Waals surface area (Å²) in [4.78, 5) is 51.6. The van der Waals surface area contributed by atoms with Gasteiger partial charge in [-0.2, -0.15) is 0 Å². The zero-order valence-electron chi connectivity index (χ0n) is 35.6. The van der Waals surface area contributed by atoms with Crippen molar-refractivity contribution >= 4 is 63.0 Å². The second-order valence-electron chi connectivity index (χ2n) is 14.5. The number of anilines is 5. The number of aliphatic hydroxyl groups excluding tert-OH is 2. The largest absolute Gasteiger partial charge is 0.400 e. The first-order chi connectivity index (χ1) is 30.8. The second-order valence-corrected chi connectivity index (χ2v) is 14.5. The molecule has 0 fully saturated rings. The van der Waals surface area contributed by atoms with Crippen molar-refractivity contribution in [1.82, 2.24) is 39.0 Å². The first kappa shape index (κ1) is 43.7. The van der Waals surface area contributed by atoms with Gasteiger partial charge in [-0.05, 0) is 55.5 Å². The first-order valence-electron chi connectivity index (χ1n) is 19.8. The lowest BCUT2D eigenvalue weighted by atomic mass is 9.97. The van der Waals surface area contributed by atoms with E-state index in [0.29, 0.717) is 51.0 Å². The predicted molar refractivity (Wildman–Crippen MR) is 247 cm³/mol. The van der Waals surface area contributed by atoms with E-state index in [1.807, 2.05) is 44.2 Å². The molecule has 6 aromatic rings. The maximum absolute atomic E-state index is 14.6. The van der Waals surface area contributed by atoms with E-state index in [0.717, 1.165) is 5.56 Å². The van der Waals surface area contributed by atoms with E-state index in [4.69, 9.17) is 32.6 Å². The zero-order valence-corrected chi connectivity index (χ0v) is 35.6. The van der Waals surface area contributed by atoms with Gasteiger partial charge in [-0.3, -0.25) is 24.7 Å². The standard InChI is InChI=1S/C43H46N18O3/c1-22-10-6-7-13-28(22)60-31(18-59-21-56-37-39(48)53-20-55-41(37)59)58-34(36(50-5)43(60)64)27(46)16-25-11-8-14-29(23(25)2)61-30(57-33(24(3)44)35(49-4)42(61)63)17-51-40-32(26(45)12-9-15-62)38(47)52-19-54-40/h6-8,10-11,13-14,19-21,42,45-46,50,62-63H,15-18,44H2,1-5H3,(H2,48,53,55)(H3,47,51,52,54). The molecule has 326 valence electrons. The molecule has 0 radical (unpaired) electrons. The zero-order chi connectivity index (χ0) is 45.8. The number of hydrogen-bond acceptors (Lipinski definition) is 19. The average molecular weight is 863 g/mol. The number of nitrogens with zero attached hydrogens (tertiary/aromatic N) is 11. The van der Waals surface area contributed by atoms with Crippen LogP contribution in [-0.2, 0) is 13.0 Å². The molecular weight excluding hydrogens is 817 g/mol. The predicted octanol–water partition coefficient (Wildman–Crippen LogP) is 1.92. The molecule has 1 unspecified atom stereocenters. The molecule has 21 heteroatoms. The smallest absolute Gasteiger partial charge is 0.282 e. The number of aromatic nitrogens is 8. The number of amidine groups is 1. The number of imidazole rings is 1. The van der Waals surface area contributed by atoms with Crippen molar-refractivity contribution in [2.75, 3.05) is 54.2 Å². The summed E-state index contributed by atoms with van der Waals surface area (Å²) in [6, 6.07) is 12.9. The number of aliphatic hydroxyl groups is 2. The SMILES string of the molecule is CN=C1C(=C(C)N)N=C(CNc2ncnc(N)c2C(=N)C#CCO)N(c2cccc(CC(=N)c3nc(Cn4cnc5c(N)ncnc54)n(-c4ccccc4C)c(=O)c3NC)c2C)C1O. The highest BCUT2D eigenvalue weighted by Crippen LogP contribution is 2.31. The summed E-state index contributed by atoms with van der Waals surface area (Å²) in [5.74, 6) is 5.96. The van der Waals surface area contributed by atoms with Crippen molar-refractivity contribution in [2.24, 2.45) is 15.7 Å². The van der Waals surface area contributed by atoms with E-state index in [1.54, 1.807) is 41.9 Å². The number of allylic oxidation sites excluding steroid dienone is 1. The third kappa shape index (κ3) is 8.20. The Balaban J connectivity index is 1.29. The Morgan fingerprint density at radius 3 is 2.45 bits per heavy atom. The molecule has 1 aliphatic heterocycles. The number of nitrogens with one attached hydrogen (secondary N) is 4. The summed E-state index contributed by atoms with van der Waals surface area (Å²) >= 11 is 0. The van der Waals surface area contributed by atoms with E-state index in [1.165, 1.54) is 24.3 Å². The van der Waals surface area contributed by atoms with Crippen LogP contribution in [0.25, 0.3) is 16.9 Å². The number of nitrogen functional groups attached to an aromatic ring is 2. The fourth-order valence-corrected chi connectivity index (χ4v) is 7.41. The number of aryl methyl sites for hydroxylation is 1. The van der Waals surface area contributed by atoms with Crippen molar-refractivity contribution in [3.8, 4) is 17.5 Å². The Labute approximate surface area is 366 Å². The lowest BCUT2D eigenvalue weighted by molar-refractivity contribution is 0.248. The Bertz CT molecular complexity index is 3060. The minimum atomic E-state index is -1.36. The van der Waals surface area contributed by atoms with Crippen LogP contribution >= 0.6 is 0 Å². The van der Waals surface area contributed by atoms with Crippen LogP contribution in [0.3, 0.4) is 0 Å². The summed E-state index contributed by atoms with van der Waals surface area (Å²) < 4.78 is 3.24. The van der Waals surface area contributed by atoms with Gasteiger partial charge in [0.05, 0.1) is 36.4 Å². The molecular formula is C43H46N18O3. The van der Waals surface area contributed by atoms with Crippen LogP contribution in [0.4, 0.5) is 28.8 Å². The molecule has 1 atom stereocenters. The number of aliphatic imine (C=N–C) groups is 2. The van der Waals surface area contributed by atoms with Crippen molar-refractivity contribution in [2.45, 2.75) is 40.0 Å². The molecule has 1 aliphatic rings. The average Bonchev–Trinajstić information content (AvgIpc) is 3.69. The highest BCUT2D eigenvalue weighted by molar-refractivity contribution is 6.18. The Morgan fingerprint density at radius 1 is 1.00 bits per heavy atom. The molecule has 2 aromatic carbocycles. The highest BCUT2D eigenvalue weighted by atomic mass is 16.3. The van der Waals surface area contributed by atoms with Crippen LogP contribution in [0.1, 0.15) is 40.7 Å². The summed E-state index contributed by atoms with van der Waals surface area (Å²) in [6.45, 7) is 4.94. The van der Waals surface area contributed by atoms with Gasteiger partial charge < -0.3 is 48.0 Å². The van der Waals surface area contributed by atoms with Crippen LogP contribution < -0.4 is 38.3 Å². The van der Waals surface area contributed by atoms with Gasteiger partial charge in [-0.15, -0.1) is 0 Å². The maximum Gasteiger partial charge on any atom is 0.282 e. The molecule has 0 bridgehead atoms. The van der Waals surface area contributed by atoms with E-state index < -0.39 is 18.4 Å². The summed E-state index contributed by atoms with van der Waals surface area (Å²) in [6.07, 6.45) is 2.80. The van der Waals surface area contributed by atoms with E-state index in [9.17, 15) is 20.4 Å². The number of para-hydroxylation sites is 1. The third-order valence-corrected chi connectivity index (χ3v) is 10.5. The van der Waals surface area contributed by atoms with Crippen molar-refractivity contribution in [1.29, 1.82) is 10.8 Å². The van der Waals surface area contributed by atoms with Gasteiger partial charge in [0.25, 0.3) is 5.56 Å². The summed E-state index contributed by atoms with van der Waals surface area (Å²) in [7, 11) is 3.14. The molecule has 7 rings (SSSR count). The van der Waals surface area contributed by atoms with Crippen LogP contribution in [0.15, 0.2) is 87.6 Å². The molecule has 21 nitrogen and oxygen atoms in total. The molecule has 0 amide bonds. The number of hydrogen-bond donors (Lipinski definition) is 9. The number of benzene rings is 2. The van der Waals surface area contributed by atoms with Crippen LogP contribution in [-0.4, -0.2) is 106 Å². The van der Waals surface area contributed by atoms with Crippen molar-refractivity contribution in [3.05, 3.63) is 117 Å². The quantitative estimate of drug-likeness (QED) is 0.0627. The van der Waals surface area contributed by atoms with Gasteiger partial charge in [0.2, 0.25) is 0 Å². The van der Waals surface area contributed by atoms with Crippen molar-refractivity contribution < 1.29 is 10.2 Å². The molecule has 0 saturated carbocycles. The summed E-state index contributed by atoms with van der Waals surface area (Å²) in [5.41, 5.74) is 23.3. The number of nitrogens with two attached hydrogens (primary N) is 3. The van der Waals surface area contributed by atoms with E-state index >= 15 is 0 Å². The minimum absolute atomic E-state index is 0.00693. The normalized spacial score (nSPS) is 15.1. The van der Waals surface area contributed by atoms with Crippen LogP contribution in [0, 0.1) is 36.5 Å². The summed E-state index contributed by atoms with van der Waals surface area (Å²) in [5, 5.41) is 45.4. The van der Waals surface area contributed by atoms with Crippen LogP contribution in [0.2, 0.25) is 0 Å². The maximum atomic E-state index is 14.6. The molecule has 5 heterocycles. The van der Waals surface area contributed by atoms with Gasteiger partial charge in [0.15, 0.2) is 17.7 Å². The topological polar surface area (TPSA) is 323 Å². The minimum Gasteiger partial charge on any atom is -0.400 e. The lowest BCUT2D eigenvalue weighted by Crippen LogP contribution is -2.52. The van der Waals surface area contributed by atoms with Crippen molar-refractivity contribution in [3.63, 3.8) is 0 Å². The first-order valence-corrected chi connectivity index (χ1v) is 19.8. The molecule has 0 saturated heterocycles. The monoisotopic (exact) mass is 862 g/mol. The van der Waals surface area contributed by atoms with Gasteiger partial charge in [-0.25, -0.2) is 34.9 Å². The van der Waals surface area contributed by atoms with E-state index in [-0.39, 0.29) is 76.7 Å². The Kier molecular flexibility index (Phi) is 12.5. The fourth-order valence-electron chi connectivity index (χ4n) is 7.41. The molecule has 12 N–H and O–H groups in total. The number of rotatable bonds is 12. The number of fused-ring (bicyclic) bond motifs is 1. The third-order valence-electron chi connectivity index (χ3n) is 10.5. The molecule has 0 aliphatic carbocycles. The Morgan fingerprint density at radius 2 is 1.73 bits per heavy atom. The second kappa shape index (κ2) is 18.3. The van der Waals surface area contributed by atoms with E-state index in [2.05, 4.69) is 52.4 Å². The molecule has 64 heavy (non-hydrogen) atoms. The molecule has 4 aromatic heterocycles. The lowest BCUT2D eigenvalue weighted by Gasteiger charge is -2.37. The van der Waals surface area contributed by atoms with Crippen LogP contribution in [0.5, 0.6) is 0 Å². The fraction of sp³-hybridized carbons (Fsp3) is 0.233. The highest BCUT2D eigenvalue weighted by Gasteiger charge is 2.35. The van der Waals surface area contributed by atoms with Gasteiger partial charge in [0.1, 0.15) is 76.6 Å².